The third kappa shape index (κ3) is 5.23. The molecule has 0 spiro atoms. The molecule has 0 aliphatic carbocycles. The SMILES string of the molecule is CON(C)C(=O)c1cc2cccc(OCC(O)CN3CCC(c4ccc5ccccc5c4)CC3)c2o1. The lowest BCUT2D eigenvalue weighted by Gasteiger charge is -2.33. The molecule has 2 heterocycles. The van der Waals surface area contributed by atoms with Gasteiger partial charge in [-0.2, -0.15) is 0 Å². The lowest BCUT2D eigenvalue weighted by Crippen LogP contribution is -2.40. The van der Waals surface area contributed by atoms with Crippen molar-refractivity contribution in [2.75, 3.05) is 40.4 Å². The zero-order valence-corrected chi connectivity index (χ0v) is 20.7. The quantitative estimate of drug-likeness (QED) is 0.358. The van der Waals surface area contributed by atoms with Crippen molar-refractivity contribution in [2.24, 2.45) is 0 Å². The highest BCUT2D eigenvalue weighted by Crippen LogP contribution is 2.31. The number of β-amino-alcohol motifs (C(OH)–C–C–N with tert-alkyl or cyclic N) is 1. The van der Waals surface area contributed by atoms with Gasteiger partial charge in [-0.05, 0) is 60.3 Å². The Hall–Kier alpha value is -3.39. The van der Waals surface area contributed by atoms with Gasteiger partial charge in [0.05, 0.1) is 7.11 Å². The van der Waals surface area contributed by atoms with Crippen LogP contribution in [0.5, 0.6) is 5.75 Å². The number of piperidine rings is 1. The highest BCUT2D eigenvalue weighted by atomic mass is 16.7. The number of likely N-dealkylation sites (tertiary alicyclic amines) is 1. The number of aliphatic hydroxyl groups is 1. The highest BCUT2D eigenvalue weighted by Gasteiger charge is 2.23. The molecule has 1 fully saturated rings. The van der Waals surface area contributed by atoms with Crippen LogP contribution in [0.4, 0.5) is 0 Å². The first-order valence-electron chi connectivity index (χ1n) is 12.4. The second-order valence-electron chi connectivity index (χ2n) is 9.42. The van der Waals surface area contributed by atoms with Crippen LogP contribution in [0, 0.1) is 0 Å². The Kier molecular flexibility index (Phi) is 7.23. The molecule has 1 N–H and O–H groups in total. The Morgan fingerprint density at radius 2 is 1.81 bits per heavy atom. The van der Waals surface area contributed by atoms with Crippen LogP contribution < -0.4 is 4.74 Å². The van der Waals surface area contributed by atoms with E-state index in [1.165, 1.54) is 30.5 Å². The number of amides is 1. The van der Waals surface area contributed by atoms with Crippen LogP contribution in [0.15, 0.2) is 71.1 Å². The first kappa shape index (κ1) is 24.3. The molecule has 1 atom stereocenters. The first-order valence-corrected chi connectivity index (χ1v) is 12.4. The molecule has 1 aliphatic rings. The van der Waals surface area contributed by atoms with Crippen molar-refractivity contribution in [3.05, 3.63) is 78.1 Å². The lowest BCUT2D eigenvalue weighted by molar-refractivity contribution is -0.0772. The van der Waals surface area contributed by atoms with Crippen LogP contribution in [0.3, 0.4) is 0 Å². The molecule has 1 amide bonds. The van der Waals surface area contributed by atoms with E-state index < -0.39 is 6.10 Å². The van der Waals surface area contributed by atoms with Crippen LogP contribution in [-0.4, -0.2) is 67.5 Å². The summed E-state index contributed by atoms with van der Waals surface area (Å²) in [6, 6.07) is 22.4. The minimum absolute atomic E-state index is 0.145. The van der Waals surface area contributed by atoms with E-state index in [0.29, 0.717) is 23.8 Å². The van der Waals surface area contributed by atoms with E-state index in [-0.39, 0.29) is 18.3 Å². The van der Waals surface area contributed by atoms with E-state index in [9.17, 15) is 9.90 Å². The molecule has 4 aromatic rings. The second-order valence-corrected chi connectivity index (χ2v) is 9.42. The maximum atomic E-state index is 12.3. The number of rotatable bonds is 8. The van der Waals surface area contributed by atoms with Gasteiger partial charge in [0.15, 0.2) is 17.1 Å². The average Bonchev–Trinajstić information content (AvgIpc) is 3.36. The fourth-order valence-electron chi connectivity index (χ4n) is 4.94. The Morgan fingerprint density at radius 3 is 2.58 bits per heavy atom. The predicted octanol–water partition coefficient (Wildman–Crippen LogP) is 4.84. The fraction of sp³-hybridized carbons (Fsp3) is 0.345. The van der Waals surface area contributed by atoms with E-state index >= 15 is 0 Å². The predicted molar refractivity (Wildman–Crippen MR) is 139 cm³/mol. The molecule has 3 aromatic carbocycles. The van der Waals surface area contributed by atoms with Crippen molar-refractivity contribution in [1.29, 1.82) is 0 Å². The Morgan fingerprint density at radius 1 is 1.06 bits per heavy atom. The number of hydroxylamine groups is 2. The van der Waals surface area contributed by atoms with Crippen molar-refractivity contribution in [3.8, 4) is 5.75 Å². The zero-order valence-electron chi connectivity index (χ0n) is 20.7. The van der Waals surface area contributed by atoms with E-state index in [1.807, 2.05) is 12.1 Å². The van der Waals surface area contributed by atoms with Crippen molar-refractivity contribution in [2.45, 2.75) is 24.9 Å². The molecule has 1 unspecified atom stereocenters. The maximum Gasteiger partial charge on any atom is 0.312 e. The molecule has 0 radical (unpaired) electrons. The largest absolute Gasteiger partial charge is 0.487 e. The minimum atomic E-state index is -0.631. The summed E-state index contributed by atoms with van der Waals surface area (Å²) < 4.78 is 11.7. The van der Waals surface area contributed by atoms with Crippen LogP contribution in [0.25, 0.3) is 21.7 Å². The van der Waals surface area contributed by atoms with Crippen LogP contribution >= 0.6 is 0 Å². The topological polar surface area (TPSA) is 75.4 Å². The monoisotopic (exact) mass is 488 g/mol. The summed E-state index contributed by atoms with van der Waals surface area (Å²) in [5, 5.41) is 15.1. The number of furan rings is 1. The summed E-state index contributed by atoms with van der Waals surface area (Å²) in [7, 11) is 2.94. The Bertz CT molecular complexity index is 1340. The van der Waals surface area contributed by atoms with E-state index in [2.05, 4.69) is 47.4 Å². The number of hydrogen-bond donors (Lipinski definition) is 1. The number of nitrogens with zero attached hydrogens (tertiary/aromatic N) is 2. The van der Waals surface area contributed by atoms with Crippen LogP contribution in [0.1, 0.15) is 34.9 Å². The van der Waals surface area contributed by atoms with Crippen LogP contribution in [0.2, 0.25) is 0 Å². The van der Waals surface area contributed by atoms with Crippen LogP contribution in [-0.2, 0) is 4.84 Å². The summed E-state index contributed by atoms with van der Waals surface area (Å²) in [5.41, 5.74) is 1.88. The fourth-order valence-corrected chi connectivity index (χ4v) is 4.94. The van der Waals surface area contributed by atoms with Crippen molar-refractivity contribution >= 4 is 27.6 Å². The Labute approximate surface area is 210 Å². The second kappa shape index (κ2) is 10.7. The molecule has 188 valence electrons. The molecule has 7 nitrogen and oxygen atoms in total. The van der Waals surface area contributed by atoms with Gasteiger partial charge in [-0.3, -0.25) is 9.63 Å². The number of ether oxygens (including phenoxy) is 1. The third-order valence-corrected chi connectivity index (χ3v) is 7.01. The third-order valence-electron chi connectivity index (χ3n) is 7.01. The zero-order chi connectivity index (χ0) is 25.1. The number of hydrogen-bond acceptors (Lipinski definition) is 6. The number of benzene rings is 3. The van der Waals surface area contributed by atoms with E-state index in [0.717, 1.165) is 36.4 Å². The number of para-hydroxylation sites is 1. The molecule has 1 aromatic heterocycles. The number of aliphatic hydroxyl groups excluding tert-OH is 1. The molecule has 0 bridgehead atoms. The van der Waals surface area contributed by atoms with Gasteiger partial charge in [0.2, 0.25) is 0 Å². The van der Waals surface area contributed by atoms with Crippen molar-refractivity contribution < 1.29 is 23.9 Å². The van der Waals surface area contributed by atoms with Crippen molar-refractivity contribution in [1.82, 2.24) is 9.96 Å². The summed E-state index contributed by atoms with van der Waals surface area (Å²) in [6.07, 6.45) is 1.52. The number of carbonyl (C=O) groups excluding carboxylic acids is 1. The average molecular weight is 489 g/mol. The van der Waals surface area contributed by atoms with E-state index in [1.54, 1.807) is 12.1 Å². The van der Waals surface area contributed by atoms with Gasteiger partial charge in [-0.15, -0.1) is 0 Å². The lowest BCUT2D eigenvalue weighted by atomic mass is 9.88. The smallest absolute Gasteiger partial charge is 0.312 e. The highest BCUT2D eigenvalue weighted by molar-refractivity contribution is 5.96. The molecule has 36 heavy (non-hydrogen) atoms. The van der Waals surface area contributed by atoms with Gasteiger partial charge in [-0.1, -0.05) is 54.6 Å². The molecule has 0 saturated carbocycles. The summed E-state index contributed by atoms with van der Waals surface area (Å²) in [6.45, 7) is 2.59. The maximum absolute atomic E-state index is 12.3. The van der Waals surface area contributed by atoms with E-state index in [4.69, 9.17) is 14.0 Å². The van der Waals surface area contributed by atoms with Gasteiger partial charge in [0.25, 0.3) is 0 Å². The summed E-state index contributed by atoms with van der Waals surface area (Å²) in [5.74, 6) is 0.831. The minimum Gasteiger partial charge on any atom is -0.487 e. The number of fused-ring (bicyclic) bond motifs is 2. The molecular weight excluding hydrogens is 456 g/mol. The molecule has 1 saturated heterocycles. The summed E-state index contributed by atoms with van der Waals surface area (Å²) >= 11 is 0. The summed E-state index contributed by atoms with van der Waals surface area (Å²) in [4.78, 5) is 19.6. The van der Waals surface area contributed by atoms with Gasteiger partial charge in [0.1, 0.15) is 12.7 Å². The van der Waals surface area contributed by atoms with Crippen molar-refractivity contribution in [3.63, 3.8) is 0 Å². The van der Waals surface area contributed by atoms with Gasteiger partial charge < -0.3 is 19.2 Å². The normalized spacial score (nSPS) is 15.9. The molecular formula is C29H32N2O5. The van der Waals surface area contributed by atoms with Gasteiger partial charge >= 0.3 is 5.91 Å². The molecule has 7 heteroatoms. The molecule has 1 aliphatic heterocycles. The van der Waals surface area contributed by atoms with Gasteiger partial charge in [-0.25, -0.2) is 5.06 Å². The standard InChI is InChI=1S/C29H32N2O5/c1-30(34-2)29(33)27-17-24-8-5-9-26(28(24)36-27)35-19-25(32)18-31-14-12-21(13-15-31)23-11-10-20-6-3-4-7-22(20)16-23/h3-11,16-17,21,25,32H,12-15,18-19H2,1-2H3. The Balaban J connectivity index is 1.14. The molecule has 5 rings (SSSR count). The number of carbonyl (C=O) groups is 1. The first-order chi connectivity index (χ1) is 17.5. The van der Waals surface area contributed by atoms with Gasteiger partial charge in [0, 0.05) is 19.0 Å².